The predicted molar refractivity (Wildman–Crippen MR) is 142 cm³/mol. The number of nitrogens with zero attached hydrogens (tertiary/aromatic N) is 2. The average molecular weight is 572 g/mol. The molecule has 216 valence electrons. The van der Waals surface area contributed by atoms with E-state index in [0.29, 0.717) is 0 Å². The molecule has 41 heavy (non-hydrogen) atoms. The van der Waals surface area contributed by atoms with Crippen LogP contribution in [0.3, 0.4) is 0 Å². The molecular formula is C28H27F2N3O8. The Balaban J connectivity index is 1.32. The Labute approximate surface area is 231 Å². The smallest absolute Gasteiger partial charge is 0.414 e. The number of aromatic carboxylic acids is 1. The van der Waals surface area contributed by atoms with Gasteiger partial charge in [-0.25, -0.2) is 18.4 Å². The van der Waals surface area contributed by atoms with Gasteiger partial charge in [0.1, 0.15) is 29.7 Å². The van der Waals surface area contributed by atoms with Gasteiger partial charge < -0.3 is 34.8 Å². The number of anilines is 1. The molecule has 1 aliphatic heterocycles. The third kappa shape index (κ3) is 5.63. The normalized spacial score (nSPS) is 18.3. The molecule has 1 saturated carbocycles. The summed E-state index contributed by atoms with van der Waals surface area (Å²) < 4.78 is 41.8. The quantitative estimate of drug-likeness (QED) is 0.270. The van der Waals surface area contributed by atoms with Crippen molar-refractivity contribution >= 4 is 34.4 Å². The zero-order valence-electron chi connectivity index (χ0n) is 21.9. The molecule has 4 N–H and O–H groups in total. The van der Waals surface area contributed by atoms with Crippen LogP contribution in [0.2, 0.25) is 0 Å². The summed E-state index contributed by atoms with van der Waals surface area (Å²) in [4.78, 5) is 37.3. The summed E-state index contributed by atoms with van der Waals surface area (Å²) in [6.45, 7) is 0.550. The Morgan fingerprint density at radius 1 is 1.17 bits per heavy atom. The van der Waals surface area contributed by atoms with Crippen LogP contribution < -0.4 is 15.1 Å². The van der Waals surface area contributed by atoms with Crippen LogP contribution in [0.4, 0.5) is 19.3 Å². The molecule has 1 aromatic heterocycles. The molecule has 0 radical (unpaired) electrons. The van der Waals surface area contributed by atoms with Crippen molar-refractivity contribution in [2.45, 2.75) is 43.9 Å². The van der Waals surface area contributed by atoms with Crippen LogP contribution in [-0.2, 0) is 4.74 Å². The molecule has 3 aromatic rings. The summed E-state index contributed by atoms with van der Waals surface area (Å²) in [5.41, 5.74) is -3.04. The van der Waals surface area contributed by atoms with Gasteiger partial charge in [-0.1, -0.05) is 0 Å². The molecular weight excluding hydrogens is 544 g/mol. The van der Waals surface area contributed by atoms with Crippen LogP contribution in [0.25, 0.3) is 10.9 Å². The molecule has 0 bridgehead atoms. The van der Waals surface area contributed by atoms with Crippen molar-refractivity contribution in [3.05, 3.63) is 69.5 Å². The van der Waals surface area contributed by atoms with Gasteiger partial charge in [0.25, 0.3) is 0 Å². The number of fused-ring (bicyclic) bond motifs is 1. The highest BCUT2D eigenvalue weighted by Crippen LogP contribution is 2.37. The van der Waals surface area contributed by atoms with Gasteiger partial charge in [-0.15, -0.1) is 0 Å². The maximum absolute atomic E-state index is 15.1. The summed E-state index contributed by atoms with van der Waals surface area (Å²) >= 11 is 0. The first-order chi connectivity index (χ1) is 19.4. The number of amides is 1. The molecule has 1 amide bonds. The predicted octanol–water partition coefficient (Wildman–Crippen LogP) is 3.22. The van der Waals surface area contributed by atoms with E-state index in [-0.39, 0.29) is 52.8 Å². The van der Waals surface area contributed by atoms with Crippen LogP contribution >= 0.6 is 0 Å². The van der Waals surface area contributed by atoms with Crippen molar-refractivity contribution in [2.75, 3.05) is 24.7 Å². The van der Waals surface area contributed by atoms with Crippen molar-refractivity contribution < 1.29 is 43.2 Å². The Hall–Kier alpha value is -4.36. The van der Waals surface area contributed by atoms with Crippen molar-refractivity contribution in [2.24, 2.45) is 0 Å². The molecule has 1 saturated heterocycles. The molecule has 1 aliphatic carbocycles. The molecule has 11 nitrogen and oxygen atoms in total. The lowest BCUT2D eigenvalue weighted by Crippen LogP contribution is -2.35. The van der Waals surface area contributed by atoms with Crippen molar-refractivity contribution in [3.8, 4) is 5.75 Å². The van der Waals surface area contributed by atoms with Crippen LogP contribution in [0, 0.1) is 17.0 Å². The molecule has 13 heteroatoms. The number of aliphatic hydroxyl groups excluding tert-OH is 1. The standard InChI is InChI=1S/C28H27F2N3O8/c1-28(39,13-40-24-5-4-15(6-21(24)30)33-10-16(12-34)41-27(33)38)9-22(31)17-8-23-18(7-20(17)29)25(35)19(26(36)37)11-32(23)14-2-3-14/h4-8,11,14,16,31,34,39H,2-3,9-10,12-13H2,1H3,(H,36,37)/t16-,28?/m1/s1. The van der Waals surface area contributed by atoms with E-state index in [9.17, 15) is 34.1 Å². The molecule has 2 fully saturated rings. The Morgan fingerprint density at radius 3 is 2.51 bits per heavy atom. The third-order valence-electron chi connectivity index (χ3n) is 7.02. The molecule has 2 heterocycles. The van der Waals surface area contributed by atoms with Gasteiger partial charge in [0, 0.05) is 41.4 Å². The van der Waals surface area contributed by atoms with Gasteiger partial charge in [0.2, 0.25) is 5.43 Å². The minimum Gasteiger partial charge on any atom is -0.488 e. The number of cyclic esters (lactones) is 1. The van der Waals surface area contributed by atoms with E-state index in [1.807, 2.05) is 0 Å². The number of rotatable bonds is 10. The van der Waals surface area contributed by atoms with Crippen molar-refractivity contribution in [1.82, 2.24) is 4.57 Å². The fraction of sp³-hybridized carbons (Fsp3) is 0.357. The summed E-state index contributed by atoms with van der Waals surface area (Å²) in [6.07, 6.45) is 0.917. The molecule has 0 spiro atoms. The number of carboxylic acids is 1. The van der Waals surface area contributed by atoms with Gasteiger partial charge in [0.15, 0.2) is 11.6 Å². The highest BCUT2D eigenvalue weighted by atomic mass is 19.1. The average Bonchev–Trinajstić information content (AvgIpc) is 3.68. The second-order valence-corrected chi connectivity index (χ2v) is 10.5. The molecule has 2 aliphatic rings. The van der Waals surface area contributed by atoms with Crippen LogP contribution in [0.15, 0.2) is 41.3 Å². The number of hydrogen-bond acceptors (Lipinski definition) is 8. The lowest BCUT2D eigenvalue weighted by Gasteiger charge is -2.24. The summed E-state index contributed by atoms with van der Waals surface area (Å²) in [5.74, 6) is -3.40. The molecule has 1 unspecified atom stereocenters. The van der Waals surface area contributed by atoms with Gasteiger partial charge in [0.05, 0.1) is 24.4 Å². The Morgan fingerprint density at radius 2 is 1.90 bits per heavy atom. The van der Waals surface area contributed by atoms with E-state index in [0.717, 1.165) is 29.9 Å². The number of hydrogen-bond donors (Lipinski definition) is 4. The number of carbonyl (C=O) groups excluding carboxylic acids is 1. The fourth-order valence-electron chi connectivity index (χ4n) is 4.77. The van der Waals surface area contributed by atoms with Crippen LogP contribution in [0.1, 0.15) is 48.1 Å². The topological polar surface area (TPSA) is 162 Å². The first kappa shape index (κ1) is 28.2. The number of aromatic nitrogens is 1. The van der Waals surface area contributed by atoms with E-state index in [4.69, 9.17) is 14.9 Å². The number of carbonyl (C=O) groups is 2. The monoisotopic (exact) mass is 571 g/mol. The molecule has 5 rings (SSSR count). The number of aliphatic hydroxyl groups is 2. The number of nitrogens with one attached hydrogen (secondary N) is 1. The first-order valence-corrected chi connectivity index (χ1v) is 12.8. The number of pyridine rings is 1. The Bertz CT molecular complexity index is 1630. The molecule has 2 aromatic carbocycles. The van der Waals surface area contributed by atoms with Gasteiger partial charge in [-0.2, -0.15) is 0 Å². The van der Waals surface area contributed by atoms with Gasteiger partial charge in [-0.3, -0.25) is 9.69 Å². The van der Waals surface area contributed by atoms with E-state index in [1.54, 1.807) is 4.57 Å². The van der Waals surface area contributed by atoms with Gasteiger partial charge in [-0.05, 0) is 44.0 Å². The van der Waals surface area contributed by atoms with Gasteiger partial charge >= 0.3 is 12.1 Å². The van der Waals surface area contributed by atoms with Crippen molar-refractivity contribution in [1.29, 1.82) is 5.41 Å². The number of halogens is 2. The van der Waals surface area contributed by atoms with Crippen LogP contribution in [0.5, 0.6) is 5.75 Å². The second-order valence-electron chi connectivity index (χ2n) is 10.5. The molecule has 2 atom stereocenters. The lowest BCUT2D eigenvalue weighted by atomic mass is 9.94. The van der Waals surface area contributed by atoms with Crippen LogP contribution in [-0.4, -0.2) is 69.1 Å². The number of ether oxygens (including phenoxy) is 2. The zero-order chi connectivity index (χ0) is 29.6. The summed E-state index contributed by atoms with van der Waals surface area (Å²) in [7, 11) is 0. The second kappa shape index (κ2) is 10.6. The largest absolute Gasteiger partial charge is 0.488 e. The van der Waals surface area contributed by atoms with Crippen molar-refractivity contribution in [3.63, 3.8) is 0 Å². The zero-order valence-corrected chi connectivity index (χ0v) is 21.9. The summed E-state index contributed by atoms with van der Waals surface area (Å²) in [5, 5.41) is 37.8. The number of carboxylic acid groups (broad SMARTS) is 1. The Kier molecular flexibility index (Phi) is 7.26. The van der Waals surface area contributed by atoms with E-state index >= 15 is 4.39 Å². The highest BCUT2D eigenvalue weighted by molar-refractivity contribution is 6.02. The van der Waals surface area contributed by atoms with E-state index < -0.39 is 59.4 Å². The highest BCUT2D eigenvalue weighted by Gasteiger charge is 2.33. The fourth-order valence-corrected chi connectivity index (χ4v) is 4.77. The minimum atomic E-state index is -1.74. The number of benzene rings is 2. The summed E-state index contributed by atoms with van der Waals surface area (Å²) in [6, 6.07) is 5.89. The first-order valence-electron chi connectivity index (χ1n) is 12.8. The SMILES string of the molecule is CC(O)(COc1ccc(N2C[C@H](CO)OC2=O)cc1F)CC(=N)c1cc2c(cc1F)c(=O)c(C(=O)O)cn2C1CC1. The third-order valence-corrected chi connectivity index (χ3v) is 7.02. The van der Waals surface area contributed by atoms with E-state index in [2.05, 4.69) is 0 Å². The lowest BCUT2D eigenvalue weighted by molar-refractivity contribution is 0.0168. The minimum absolute atomic E-state index is 0.0475. The maximum atomic E-state index is 15.1. The van der Waals surface area contributed by atoms with E-state index in [1.165, 1.54) is 31.3 Å². The maximum Gasteiger partial charge on any atom is 0.414 e.